The Hall–Kier alpha value is -4.47. The smallest absolute Gasteiger partial charge is 0.319 e. The Morgan fingerprint density at radius 2 is 2.03 bits per heavy atom. The third-order valence-electron chi connectivity index (χ3n) is 6.60. The summed E-state index contributed by atoms with van der Waals surface area (Å²) in [7, 11) is 0. The lowest BCUT2D eigenvalue weighted by Gasteiger charge is -2.30. The molecule has 0 bridgehead atoms. The van der Waals surface area contributed by atoms with Gasteiger partial charge in [0, 0.05) is 49.0 Å². The van der Waals surface area contributed by atoms with Crippen LogP contribution < -0.4 is 20.4 Å². The van der Waals surface area contributed by atoms with E-state index in [-0.39, 0.29) is 17.9 Å². The number of benzene rings is 2. The van der Waals surface area contributed by atoms with E-state index < -0.39 is 0 Å². The second kappa shape index (κ2) is 8.71. The SMILES string of the molecule is O=C(NCCC1CN(c2ncnc3[nH]ncc23)c2ccccc21)Nc1cccc(N2CCC2=O)c1. The van der Waals surface area contributed by atoms with Gasteiger partial charge in [-0.2, -0.15) is 5.10 Å². The van der Waals surface area contributed by atoms with Gasteiger partial charge in [-0.15, -0.1) is 0 Å². The Morgan fingerprint density at radius 3 is 2.89 bits per heavy atom. The number of anilines is 4. The minimum atomic E-state index is -0.267. The minimum Gasteiger partial charge on any atom is -0.338 e. The average Bonchev–Trinajstić information content (AvgIpc) is 3.48. The molecule has 10 heteroatoms. The van der Waals surface area contributed by atoms with Crippen molar-refractivity contribution in [3.63, 3.8) is 0 Å². The first kappa shape index (κ1) is 21.1. The van der Waals surface area contributed by atoms with Crippen LogP contribution in [-0.4, -0.2) is 51.7 Å². The largest absolute Gasteiger partial charge is 0.338 e. The Balaban J connectivity index is 1.10. The fraction of sp³-hybridized carbons (Fsp3) is 0.240. The van der Waals surface area contributed by atoms with Gasteiger partial charge in [0.05, 0.1) is 11.6 Å². The van der Waals surface area contributed by atoms with E-state index in [0.29, 0.717) is 24.3 Å². The van der Waals surface area contributed by atoms with Crippen molar-refractivity contribution in [3.8, 4) is 0 Å². The lowest BCUT2D eigenvalue weighted by molar-refractivity contribution is -0.122. The van der Waals surface area contributed by atoms with E-state index in [2.05, 4.69) is 47.8 Å². The quantitative estimate of drug-likeness (QED) is 0.373. The summed E-state index contributed by atoms with van der Waals surface area (Å²) in [6.45, 7) is 2.00. The maximum absolute atomic E-state index is 12.5. The number of aromatic nitrogens is 4. The van der Waals surface area contributed by atoms with Gasteiger partial charge in [0.1, 0.15) is 12.1 Å². The highest BCUT2D eigenvalue weighted by Gasteiger charge is 2.31. The molecule has 1 atom stereocenters. The van der Waals surface area contributed by atoms with E-state index in [4.69, 9.17) is 0 Å². The first-order valence-electron chi connectivity index (χ1n) is 11.6. The minimum absolute atomic E-state index is 0.105. The fourth-order valence-corrected chi connectivity index (χ4v) is 4.79. The van der Waals surface area contributed by atoms with E-state index in [1.165, 1.54) is 5.56 Å². The molecule has 1 fully saturated rings. The molecule has 1 saturated heterocycles. The number of urea groups is 1. The highest BCUT2D eigenvalue weighted by molar-refractivity contribution is 6.00. The van der Waals surface area contributed by atoms with E-state index in [9.17, 15) is 9.59 Å². The molecule has 2 aromatic heterocycles. The number of rotatable bonds is 6. The number of nitrogens with zero attached hydrogens (tertiary/aromatic N) is 5. The summed E-state index contributed by atoms with van der Waals surface area (Å²) in [6, 6.07) is 15.4. The van der Waals surface area contributed by atoms with E-state index in [1.54, 1.807) is 17.4 Å². The highest BCUT2D eigenvalue weighted by Crippen LogP contribution is 2.42. The molecule has 0 spiro atoms. The molecule has 35 heavy (non-hydrogen) atoms. The second-order valence-electron chi connectivity index (χ2n) is 8.71. The number of carbonyl (C=O) groups excluding carboxylic acids is 2. The number of β-lactam (4-membered cyclic amide) rings is 1. The second-order valence-corrected chi connectivity index (χ2v) is 8.71. The summed E-state index contributed by atoms with van der Waals surface area (Å²) >= 11 is 0. The summed E-state index contributed by atoms with van der Waals surface area (Å²) < 4.78 is 0. The number of amides is 3. The van der Waals surface area contributed by atoms with Crippen LogP contribution in [0.2, 0.25) is 0 Å². The maximum atomic E-state index is 12.5. The molecule has 2 aromatic carbocycles. The van der Waals surface area contributed by atoms with E-state index in [0.717, 1.165) is 42.1 Å². The Kier molecular flexibility index (Phi) is 5.25. The Morgan fingerprint density at radius 1 is 1.11 bits per heavy atom. The fourth-order valence-electron chi connectivity index (χ4n) is 4.79. The molecule has 6 rings (SSSR count). The molecule has 4 heterocycles. The number of hydrogen-bond donors (Lipinski definition) is 3. The van der Waals surface area contributed by atoms with Crippen molar-refractivity contribution in [2.45, 2.75) is 18.8 Å². The zero-order chi connectivity index (χ0) is 23.8. The molecule has 0 radical (unpaired) electrons. The first-order chi connectivity index (χ1) is 17.2. The van der Waals surface area contributed by atoms with Crippen LogP contribution in [0.3, 0.4) is 0 Å². The topological polar surface area (TPSA) is 119 Å². The average molecular weight is 469 g/mol. The van der Waals surface area contributed by atoms with Crippen molar-refractivity contribution in [1.29, 1.82) is 0 Å². The molecule has 2 aliphatic heterocycles. The van der Waals surface area contributed by atoms with Gasteiger partial charge in [-0.25, -0.2) is 14.8 Å². The predicted octanol–water partition coefficient (Wildman–Crippen LogP) is 3.54. The van der Waals surface area contributed by atoms with E-state index >= 15 is 0 Å². The molecule has 176 valence electrons. The summed E-state index contributed by atoms with van der Waals surface area (Å²) in [5.41, 5.74) is 4.51. The van der Waals surface area contributed by atoms with Gasteiger partial charge in [0.15, 0.2) is 5.65 Å². The lowest BCUT2D eigenvalue weighted by atomic mass is 9.98. The van der Waals surface area contributed by atoms with Crippen LogP contribution >= 0.6 is 0 Å². The van der Waals surface area contributed by atoms with Crippen LogP contribution in [0.4, 0.5) is 27.7 Å². The van der Waals surface area contributed by atoms with Crippen molar-refractivity contribution in [1.82, 2.24) is 25.5 Å². The summed E-state index contributed by atoms with van der Waals surface area (Å²) in [6.07, 6.45) is 4.65. The van der Waals surface area contributed by atoms with Gasteiger partial charge in [0.25, 0.3) is 0 Å². The third kappa shape index (κ3) is 3.92. The maximum Gasteiger partial charge on any atom is 0.319 e. The van der Waals surface area contributed by atoms with Crippen LogP contribution in [-0.2, 0) is 4.79 Å². The molecular weight excluding hydrogens is 444 g/mol. The number of H-pyrrole nitrogens is 1. The normalized spacial score (nSPS) is 16.8. The Labute approximate surface area is 201 Å². The van der Waals surface area contributed by atoms with Gasteiger partial charge >= 0.3 is 6.03 Å². The summed E-state index contributed by atoms with van der Waals surface area (Å²) in [5, 5.41) is 13.7. The van der Waals surface area contributed by atoms with Crippen LogP contribution in [0.15, 0.2) is 61.1 Å². The molecule has 10 nitrogen and oxygen atoms in total. The highest BCUT2D eigenvalue weighted by atomic mass is 16.2. The number of carbonyl (C=O) groups is 2. The van der Waals surface area contributed by atoms with Crippen LogP contribution in [0, 0.1) is 0 Å². The van der Waals surface area contributed by atoms with E-state index in [1.807, 2.05) is 36.4 Å². The van der Waals surface area contributed by atoms with Gasteiger partial charge in [-0.3, -0.25) is 9.89 Å². The monoisotopic (exact) mass is 468 g/mol. The number of nitrogens with one attached hydrogen (secondary N) is 3. The number of fused-ring (bicyclic) bond motifs is 2. The number of hydrogen-bond acceptors (Lipinski definition) is 6. The zero-order valence-electron chi connectivity index (χ0n) is 18.9. The molecule has 4 aromatic rings. The van der Waals surface area contributed by atoms with Crippen LogP contribution in [0.5, 0.6) is 0 Å². The van der Waals surface area contributed by atoms with Gasteiger partial charge in [-0.05, 0) is 36.2 Å². The molecule has 0 saturated carbocycles. The van der Waals surface area contributed by atoms with Crippen LogP contribution in [0.25, 0.3) is 11.0 Å². The molecule has 0 aliphatic carbocycles. The van der Waals surface area contributed by atoms with Gasteiger partial charge in [-0.1, -0.05) is 24.3 Å². The summed E-state index contributed by atoms with van der Waals surface area (Å²) in [5.74, 6) is 1.17. The molecular formula is C25H24N8O2. The predicted molar refractivity (Wildman–Crippen MR) is 133 cm³/mol. The van der Waals surface area contributed by atoms with Crippen molar-refractivity contribution in [3.05, 3.63) is 66.6 Å². The van der Waals surface area contributed by atoms with Crippen molar-refractivity contribution >= 4 is 45.9 Å². The number of aromatic amines is 1. The number of para-hydroxylation sites is 1. The molecule has 2 aliphatic rings. The first-order valence-corrected chi connectivity index (χ1v) is 11.6. The Bertz CT molecular complexity index is 1420. The summed E-state index contributed by atoms with van der Waals surface area (Å²) in [4.78, 5) is 36.9. The molecule has 3 amide bonds. The van der Waals surface area contributed by atoms with Gasteiger partial charge < -0.3 is 20.4 Å². The van der Waals surface area contributed by atoms with Crippen molar-refractivity contribution in [2.75, 3.05) is 34.8 Å². The zero-order valence-corrected chi connectivity index (χ0v) is 18.9. The lowest BCUT2D eigenvalue weighted by Crippen LogP contribution is -2.43. The van der Waals surface area contributed by atoms with Gasteiger partial charge in [0.2, 0.25) is 5.91 Å². The molecule has 1 unspecified atom stereocenters. The van der Waals surface area contributed by atoms with Crippen LogP contribution in [0.1, 0.15) is 24.3 Å². The van der Waals surface area contributed by atoms with Crippen molar-refractivity contribution in [2.24, 2.45) is 0 Å². The standard InChI is InChI=1S/C25H24N8O2/c34-22-9-11-32(22)18-5-3-4-17(12-18)30-25(35)26-10-8-16-14-33(21-7-2-1-6-19(16)21)24-20-13-29-31-23(20)27-15-28-24/h1-7,12-13,15-16H,8-11,14H2,(H2,26,30,35)(H,27,28,29,31). The third-order valence-corrected chi connectivity index (χ3v) is 6.60. The van der Waals surface area contributed by atoms with Crippen molar-refractivity contribution < 1.29 is 9.59 Å². The molecule has 3 N–H and O–H groups in total.